The molecule has 0 aromatic carbocycles. The van der Waals surface area contributed by atoms with Gasteiger partial charge in [0.1, 0.15) is 0 Å². The second kappa shape index (κ2) is 6.40. The molecule has 0 atom stereocenters. The van der Waals surface area contributed by atoms with E-state index in [1.54, 1.807) is 0 Å². The molecular weight excluding hydrogens is 280 g/mol. The number of hydroxylamine groups is 1. The molecule has 0 aliphatic heterocycles. The van der Waals surface area contributed by atoms with Crippen LogP contribution in [-0.2, 0) is 19.3 Å². The minimum atomic E-state index is -1.30. The molecule has 1 amide bonds. The van der Waals surface area contributed by atoms with Gasteiger partial charge in [-0.15, -0.1) is 0 Å². The standard InChI is InChI=1S/C13H16N2O6/c1-19-15-12(18)13(6-2-3-7-13)21-14-10(11(16)17)9-5-4-8-20-9/h4-5,8H,2-3,6-7H2,1H3,(H,15,18)(H,16,17)/b14-10-. The van der Waals surface area contributed by atoms with E-state index in [4.69, 9.17) is 14.4 Å². The van der Waals surface area contributed by atoms with Crippen molar-refractivity contribution in [2.75, 3.05) is 7.11 Å². The van der Waals surface area contributed by atoms with Gasteiger partial charge in [-0.3, -0.25) is 9.63 Å². The number of carbonyl (C=O) groups is 2. The molecule has 1 saturated carbocycles. The number of carboxylic acid groups (broad SMARTS) is 1. The fourth-order valence-electron chi connectivity index (χ4n) is 2.23. The SMILES string of the molecule is CONC(=O)C1(O/N=C(\C(=O)O)c2ccco2)CCCC1. The lowest BCUT2D eigenvalue weighted by atomic mass is 10.0. The van der Waals surface area contributed by atoms with Gasteiger partial charge in [0, 0.05) is 0 Å². The summed E-state index contributed by atoms with van der Waals surface area (Å²) >= 11 is 0. The van der Waals surface area contributed by atoms with Gasteiger partial charge in [-0.05, 0) is 37.8 Å². The van der Waals surface area contributed by atoms with Gasteiger partial charge < -0.3 is 14.4 Å². The second-order valence-electron chi connectivity index (χ2n) is 4.65. The Morgan fingerprint density at radius 3 is 2.67 bits per heavy atom. The highest BCUT2D eigenvalue weighted by atomic mass is 16.7. The summed E-state index contributed by atoms with van der Waals surface area (Å²) in [6.45, 7) is 0. The van der Waals surface area contributed by atoms with Gasteiger partial charge >= 0.3 is 5.97 Å². The summed E-state index contributed by atoms with van der Waals surface area (Å²) < 4.78 is 5.00. The molecule has 1 aliphatic carbocycles. The van der Waals surface area contributed by atoms with Crippen molar-refractivity contribution in [2.24, 2.45) is 5.16 Å². The monoisotopic (exact) mass is 296 g/mol. The summed E-state index contributed by atoms with van der Waals surface area (Å²) in [5, 5.41) is 12.8. The molecule has 0 radical (unpaired) electrons. The number of amides is 1. The van der Waals surface area contributed by atoms with Gasteiger partial charge in [-0.25, -0.2) is 10.3 Å². The minimum Gasteiger partial charge on any atom is -0.476 e. The summed E-state index contributed by atoms with van der Waals surface area (Å²) in [4.78, 5) is 33.2. The highest BCUT2D eigenvalue weighted by Crippen LogP contribution is 2.34. The number of oxime groups is 1. The first kappa shape index (κ1) is 15.0. The smallest absolute Gasteiger partial charge is 0.361 e. The fourth-order valence-corrected chi connectivity index (χ4v) is 2.23. The van der Waals surface area contributed by atoms with E-state index in [-0.39, 0.29) is 5.76 Å². The normalized spacial score (nSPS) is 17.5. The van der Waals surface area contributed by atoms with Gasteiger partial charge in [0.25, 0.3) is 5.91 Å². The van der Waals surface area contributed by atoms with Gasteiger partial charge in [-0.2, -0.15) is 0 Å². The predicted octanol–water partition coefficient (Wildman–Crippen LogP) is 1.08. The van der Waals surface area contributed by atoms with E-state index in [9.17, 15) is 9.59 Å². The molecule has 21 heavy (non-hydrogen) atoms. The van der Waals surface area contributed by atoms with Crippen molar-refractivity contribution in [3.63, 3.8) is 0 Å². The average Bonchev–Trinajstić information content (AvgIpc) is 3.10. The zero-order valence-electron chi connectivity index (χ0n) is 11.5. The van der Waals surface area contributed by atoms with Crippen LogP contribution in [0.5, 0.6) is 0 Å². The summed E-state index contributed by atoms with van der Waals surface area (Å²) in [7, 11) is 1.31. The third-order valence-electron chi connectivity index (χ3n) is 3.29. The van der Waals surface area contributed by atoms with Gasteiger partial charge in [0.05, 0.1) is 13.4 Å². The minimum absolute atomic E-state index is 0.0581. The first-order chi connectivity index (χ1) is 10.1. The van der Waals surface area contributed by atoms with E-state index in [0.717, 1.165) is 12.8 Å². The summed E-state index contributed by atoms with van der Waals surface area (Å²) in [5.74, 6) is -1.72. The van der Waals surface area contributed by atoms with E-state index in [0.29, 0.717) is 12.8 Å². The molecule has 1 heterocycles. The molecule has 8 nitrogen and oxygen atoms in total. The molecule has 1 aliphatic rings. The maximum atomic E-state index is 12.0. The van der Waals surface area contributed by atoms with Crippen molar-refractivity contribution in [3.8, 4) is 0 Å². The van der Waals surface area contributed by atoms with Crippen LogP contribution in [0.3, 0.4) is 0 Å². The van der Waals surface area contributed by atoms with Gasteiger partial charge in [0.15, 0.2) is 5.76 Å². The van der Waals surface area contributed by atoms with E-state index in [1.165, 1.54) is 25.5 Å². The molecule has 0 unspecified atom stereocenters. The van der Waals surface area contributed by atoms with Crippen LogP contribution in [0.2, 0.25) is 0 Å². The Hall–Kier alpha value is -2.35. The van der Waals surface area contributed by atoms with E-state index >= 15 is 0 Å². The Morgan fingerprint density at radius 1 is 1.43 bits per heavy atom. The number of carbonyl (C=O) groups excluding carboxylic acids is 1. The molecule has 1 aromatic heterocycles. The molecular formula is C13H16N2O6. The van der Waals surface area contributed by atoms with Crippen molar-refractivity contribution in [1.29, 1.82) is 0 Å². The lowest BCUT2D eigenvalue weighted by Crippen LogP contribution is -2.45. The van der Waals surface area contributed by atoms with Crippen LogP contribution in [0.15, 0.2) is 28.0 Å². The maximum Gasteiger partial charge on any atom is 0.361 e. The predicted molar refractivity (Wildman–Crippen MR) is 70.3 cm³/mol. The van der Waals surface area contributed by atoms with Crippen molar-refractivity contribution in [3.05, 3.63) is 24.2 Å². The maximum absolute atomic E-state index is 12.0. The Labute approximate surface area is 120 Å². The number of hydrogen-bond acceptors (Lipinski definition) is 6. The van der Waals surface area contributed by atoms with Crippen molar-refractivity contribution < 1.29 is 28.8 Å². The van der Waals surface area contributed by atoms with Gasteiger partial charge in [0.2, 0.25) is 11.3 Å². The first-order valence-corrected chi connectivity index (χ1v) is 6.46. The number of nitrogens with one attached hydrogen (secondary N) is 1. The van der Waals surface area contributed by atoms with Crippen LogP contribution in [-0.4, -0.2) is 35.4 Å². The quantitative estimate of drug-likeness (QED) is 0.600. The molecule has 8 heteroatoms. The number of rotatable bonds is 6. The van der Waals surface area contributed by atoms with Crippen LogP contribution in [0.4, 0.5) is 0 Å². The Morgan fingerprint density at radius 2 is 2.14 bits per heavy atom. The Balaban J connectivity index is 2.22. The van der Waals surface area contributed by atoms with Crippen molar-refractivity contribution in [2.45, 2.75) is 31.3 Å². The number of hydrogen-bond donors (Lipinski definition) is 2. The molecule has 2 rings (SSSR count). The third kappa shape index (κ3) is 3.22. The number of furan rings is 1. The zero-order valence-corrected chi connectivity index (χ0v) is 11.5. The highest BCUT2D eigenvalue weighted by Gasteiger charge is 2.45. The lowest BCUT2D eigenvalue weighted by Gasteiger charge is -2.24. The number of carboxylic acids is 1. The van der Waals surface area contributed by atoms with Crippen LogP contribution in [0.25, 0.3) is 0 Å². The molecule has 1 fully saturated rings. The molecule has 0 saturated heterocycles. The Kier molecular flexibility index (Phi) is 4.59. The number of aliphatic carboxylic acids is 1. The summed E-state index contributed by atoms with van der Waals surface area (Å²) in [6, 6.07) is 2.99. The largest absolute Gasteiger partial charge is 0.476 e. The summed E-state index contributed by atoms with van der Waals surface area (Å²) in [5.41, 5.74) is 0.615. The van der Waals surface area contributed by atoms with E-state index in [2.05, 4.69) is 15.5 Å². The molecule has 114 valence electrons. The van der Waals surface area contributed by atoms with Crippen molar-refractivity contribution in [1.82, 2.24) is 5.48 Å². The lowest BCUT2D eigenvalue weighted by molar-refractivity contribution is -0.158. The van der Waals surface area contributed by atoms with Crippen LogP contribution in [0, 0.1) is 0 Å². The molecule has 1 aromatic rings. The third-order valence-corrected chi connectivity index (χ3v) is 3.29. The van der Waals surface area contributed by atoms with Crippen LogP contribution < -0.4 is 5.48 Å². The Bertz CT molecular complexity index is 531. The van der Waals surface area contributed by atoms with Crippen molar-refractivity contribution >= 4 is 17.6 Å². The first-order valence-electron chi connectivity index (χ1n) is 6.46. The van der Waals surface area contributed by atoms with Crippen LogP contribution in [0.1, 0.15) is 31.4 Å². The molecule has 2 N–H and O–H groups in total. The fraction of sp³-hybridized carbons (Fsp3) is 0.462. The highest BCUT2D eigenvalue weighted by molar-refractivity contribution is 6.41. The number of nitrogens with zero attached hydrogens (tertiary/aromatic N) is 1. The van der Waals surface area contributed by atoms with Crippen LogP contribution >= 0.6 is 0 Å². The van der Waals surface area contributed by atoms with E-state index < -0.39 is 23.2 Å². The molecule has 0 spiro atoms. The van der Waals surface area contributed by atoms with Gasteiger partial charge in [-0.1, -0.05) is 5.16 Å². The molecule has 0 bridgehead atoms. The second-order valence-corrected chi connectivity index (χ2v) is 4.65. The summed E-state index contributed by atoms with van der Waals surface area (Å²) in [6.07, 6.45) is 3.79. The average molecular weight is 296 g/mol. The topological polar surface area (TPSA) is 110 Å². The van der Waals surface area contributed by atoms with E-state index in [1.807, 2.05) is 0 Å². The zero-order chi connectivity index (χ0) is 15.3.